The van der Waals surface area contributed by atoms with Crippen molar-refractivity contribution in [2.24, 2.45) is 5.73 Å². The molecule has 2 heterocycles. The zero-order valence-corrected chi connectivity index (χ0v) is 12.8. The number of methoxy groups -OCH3 is 1. The van der Waals surface area contributed by atoms with Crippen molar-refractivity contribution in [1.82, 2.24) is 14.7 Å². The number of carbonyl (C=O) groups excluding carboxylic acids is 2. The number of rotatable bonds is 4. The maximum Gasteiger partial charge on any atom is 0.248 e. The molecule has 0 spiro atoms. The second kappa shape index (κ2) is 7.72. The van der Waals surface area contributed by atoms with Crippen LogP contribution in [0.5, 0.6) is 0 Å². The molecule has 0 bridgehead atoms. The van der Waals surface area contributed by atoms with Crippen molar-refractivity contribution in [2.45, 2.75) is 18.9 Å². The molecule has 2 fully saturated rings. The lowest BCUT2D eigenvalue weighted by atomic mass is 10.1. The van der Waals surface area contributed by atoms with Gasteiger partial charge in [-0.25, -0.2) is 0 Å². The van der Waals surface area contributed by atoms with Gasteiger partial charge in [-0.1, -0.05) is 0 Å². The molecule has 2 saturated heterocycles. The Bertz CT molecular complexity index is 361. The minimum atomic E-state index is -0.00498. The molecule has 2 aliphatic rings. The van der Waals surface area contributed by atoms with Crippen LogP contribution in [0.15, 0.2) is 0 Å². The molecule has 2 rings (SSSR count). The first kappa shape index (κ1) is 16.2. The molecule has 0 atom stereocenters. The lowest BCUT2D eigenvalue weighted by Crippen LogP contribution is -2.54. The monoisotopic (exact) mass is 298 g/mol. The Labute approximate surface area is 126 Å². The van der Waals surface area contributed by atoms with Gasteiger partial charge in [0.15, 0.2) is 0 Å². The highest BCUT2D eigenvalue weighted by Crippen LogP contribution is 2.09. The zero-order valence-electron chi connectivity index (χ0n) is 12.8. The average molecular weight is 298 g/mol. The van der Waals surface area contributed by atoms with Gasteiger partial charge in [-0.3, -0.25) is 14.5 Å². The van der Waals surface area contributed by atoms with Gasteiger partial charge in [0.05, 0.1) is 6.54 Å². The summed E-state index contributed by atoms with van der Waals surface area (Å²) in [6.45, 7) is 4.81. The number of ether oxygens (including phenoxy) is 1. The van der Waals surface area contributed by atoms with Gasteiger partial charge in [0.2, 0.25) is 11.8 Å². The Morgan fingerprint density at radius 3 is 2.05 bits per heavy atom. The van der Waals surface area contributed by atoms with E-state index in [1.165, 1.54) is 7.11 Å². The summed E-state index contributed by atoms with van der Waals surface area (Å²) in [6.07, 6.45) is 1.93. The lowest BCUT2D eigenvalue weighted by Gasteiger charge is -2.36. The molecule has 0 aromatic heterocycles. The van der Waals surface area contributed by atoms with Gasteiger partial charge in [-0.05, 0) is 12.8 Å². The van der Waals surface area contributed by atoms with Gasteiger partial charge in [0.25, 0.3) is 0 Å². The van der Waals surface area contributed by atoms with E-state index in [2.05, 4.69) is 4.90 Å². The maximum atomic E-state index is 12.3. The molecule has 21 heavy (non-hydrogen) atoms. The standard InChI is InChI=1S/C14H26N4O3/c1-21-11-14(20)18-8-6-17(7-9-18)13(19)10-16-4-2-12(15)3-5-16/h12H,2-11,15H2,1H3. The van der Waals surface area contributed by atoms with Crippen molar-refractivity contribution in [2.75, 3.05) is 59.5 Å². The van der Waals surface area contributed by atoms with Crippen molar-refractivity contribution < 1.29 is 14.3 Å². The summed E-state index contributed by atoms with van der Waals surface area (Å²) in [5, 5.41) is 0. The number of likely N-dealkylation sites (tertiary alicyclic amines) is 1. The van der Waals surface area contributed by atoms with E-state index in [-0.39, 0.29) is 24.5 Å². The molecular formula is C14H26N4O3. The summed E-state index contributed by atoms with van der Waals surface area (Å²) in [4.78, 5) is 29.8. The van der Waals surface area contributed by atoms with Crippen LogP contribution in [0, 0.1) is 0 Å². The fourth-order valence-electron chi connectivity index (χ4n) is 2.82. The molecule has 0 aromatic carbocycles. The van der Waals surface area contributed by atoms with Gasteiger partial charge in [-0.2, -0.15) is 0 Å². The fraction of sp³-hybridized carbons (Fsp3) is 0.857. The molecule has 0 aromatic rings. The molecule has 0 radical (unpaired) electrons. The summed E-state index contributed by atoms with van der Waals surface area (Å²) < 4.78 is 4.85. The average Bonchev–Trinajstić information content (AvgIpc) is 2.50. The van der Waals surface area contributed by atoms with E-state index < -0.39 is 0 Å². The molecule has 2 aliphatic heterocycles. The van der Waals surface area contributed by atoms with Crippen LogP contribution in [0.2, 0.25) is 0 Å². The van der Waals surface area contributed by atoms with Gasteiger partial charge in [-0.15, -0.1) is 0 Å². The van der Waals surface area contributed by atoms with Gasteiger partial charge in [0, 0.05) is 52.4 Å². The number of nitrogens with zero attached hydrogens (tertiary/aromatic N) is 3. The number of amides is 2. The van der Waals surface area contributed by atoms with E-state index in [1.807, 2.05) is 4.90 Å². The summed E-state index contributed by atoms with van der Waals surface area (Å²) in [6, 6.07) is 0.284. The van der Waals surface area contributed by atoms with Gasteiger partial charge in [0.1, 0.15) is 6.61 Å². The Morgan fingerprint density at radius 2 is 1.52 bits per heavy atom. The highest BCUT2D eigenvalue weighted by Gasteiger charge is 2.26. The van der Waals surface area contributed by atoms with Crippen LogP contribution < -0.4 is 5.73 Å². The van der Waals surface area contributed by atoms with E-state index in [4.69, 9.17) is 10.5 Å². The molecule has 0 unspecified atom stereocenters. The topological polar surface area (TPSA) is 79.1 Å². The summed E-state index contributed by atoms with van der Waals surface area (Å²) in [5.74, 6) is 0.152. The number of carbonyl (C=O) groups is 2. The highest BCUT2D eigenvalue weighted by molar-refractivity contribution is 5.80. The fourth-order valence-corrected chi connectivity index (χ4v) is 2.82. The predicted octanol–water partition coefficient (Wildman–Crippen LogP) is -1.27. The predicted molar refractivity (Wildman–Crippen MR) is 78.7 cm³/mol. The molecule has 0 saturated carbocycles. The third-order valence-electron chi connectivity index (χ3n) is 4.24. The third kappa shape index (κ3) is 4.66. The number of hydrogen-bond donors (Lipinski definition) is 1. The van der Waals surface area contributed by atoms with E-state index in [9.17, 15) is 9.59 Å². The van der Waals surface area contributed by atoms with Crippen LogP contribution in [0.4, 0.5) is 0 Å². The van der Waals surface area contributed by atoms with Crippen LogP contribution in [-0.2, 0) is 14.3 Å². The number of nitrogens with two attached hydrogens (primary N) is 1. The quantitative estimate of drug-likeness (QED) is 0.700. The van der Waals surface area contributed by atoms with Crippen LogP contribution in [0.25, 0.3) is 0 Å². The second-order valence-corrected chi connectivity index (χ2v) is 5.81. The Morgan fingerprint density at radius 1 is 1.00 bits per heavy atom. The van der Waals surface area contributed by atoms with E-state index >= 15 is 0 Å². The number of hydrogen-bond acceptors (Lipinski definition) is 5. The van der Waals surface area contributed by atoms with Crippen molar-refractivity contribution in [3.05, 3.63) is 0 Å². The second-order valence-electron chi connectivity index (χ2n) is 5.81. The van der Waals surface area contributed by atoms with Crippen molar-refractivity contribution in [3.8, 4) is 0 Å². The molecule has 7 nitrogen and oxygen atoms in total. The van der Waals surface area contributed by atoms with Crippen LogP contribution in [-0.4, -0.2) is 92.1 Å². The lowest BCUT2D eigenvalue weighted by molar-refractivity contribution is -0.142. The minimum Gasteiger partial charge on any atom is -0.375 e. The first-order valence-electron chi connectivity index (χ1n) is 7.62. The summed E-state index contributed by atoms with van der Waals surface area (Å²) >= 11 is 0. The molecule has 0 aliphatic carbocycles. The molecular weight excluding hydrogens is 272 g/mol. The zero-order chi connectivity index (χ0) is 15.2. The van der Waals surface area contributed by atoms with Crippen molar-refractivity contribution >= 4 is 11.8 Å². The first-order chi connectivity index (χ1) is 10.1. The van der Waals surface area contributed by atoms with Gasteiger partial charge >= 0.3 is 0 Å². The number of piperidine rings is 1. The Balaban J connectivity index is 1.71. The Kier molecular flexibility index (Phi) is 5.96. The van der Waals surface area contributed by atoms with Crippen LogP contribution >= 0.6 is 0 Å². The summed E-state index contributed by atoms with van der Waals surface area (Å²) in [5.41, 5.74) is 5.87. The van der Waals surface area contributed by atoms with Gasteiger partial charge < -0.3 is 20.3 Å². The van der Waals surface area contributed by atoms with E-state index in [0.29, 0.717) is 32.7 Å². The normalized spacial score (nSPS) is 21.6. The van der Waals surface area contributed by atoms with Crippen molar-refractivity contribution in [1.29, 1.82) is 0 Å². The van der Waals surface area contributed by atoms with Crippen LogP contribution in [0.3, 0.4) is 0 Å². The first-order valence-corrected chi connectivity index (χ1v) is 7.62. The Hall–Kier alpha value is -1.18. The van der Waals surface area contributed by atoms with Crippen LogP contribution in [0.1, 0.15) is 12.8 Å². The number of piperazine rings is 1. The molecule has 2 amide bonds. The third-order valence-corrected chi connectivity index (χ3v) is 4.24. The maximum absolute atomic E-state index is 12.3. The SMILES string of the molecule is COCC(=O)N1CCN(C(=O)CN2CCC(N)CC2)CC1. The van der Waals surface area contributed by atoms with E-state index in [0.717, 1.165) is 25.9 Å². The largest absolute Gasteiger partial charge is 0.375 e. The highest BCUT2D eigenvalue weighted by atomic mass is 16.5. The van der Waals surface area contributed by atoms with E-state index in [1.54, 1.807) is 4.90 Å². The smallest absolute Gasteiger partial charge is 0.248 e. The minimum absolute atomic E-state index is 0.00498. The van der Waals surface area contributed by atoms with Crippen molar-refractivity contribution in [3.63, 3.8) is 0 Å². The summed E-state index contributed by atoms with van der Waals surface area (Å²) in [7, 11) is 1.52. The molecule has 7 heteroatoms. The molecule has 120 valence electrons. The molecule has 2 N–H and O–H groups in total.